The number of nitrogens with one attached hydrogen (secondary N) is 2. The number of hydroxylamine groups is 2. The Morgan fingerprint density at radius 2 is 1.82 bits per heavy atom. The summed E-state index contributed by atoms with van der Waals surface area (Å²) in [5, 5.41) is 1.04. The Hall–Kier alpha value is -3.57. The molecule has 144 valence electrons. The molecule has 2 aliphatic rings. The number of aromatic nitrogens is 2. The molecule has 2 fully saturated rings. The Bertz CT molecular complexity index is 1080. The van der Waals surface area contributed by atoms with Gasteiger partial charge in [-0.2, -0.15) is 5.06 Å². The molecule has 1 aromatic carbocycles. The van der Waals surface area contributed by atoms with Crippen LogP contribution >= 0.6 is 0 Å². The molecule has 11 nitrogen and oxygen atoms in total. The maximum atomic E-state index is 13.1. The molecular weight excluding hydrogens is 370 g/mol. The van der Waals surface area contributed by atoms with Crippen LogP contribution in [0.3, 0.4) is 0 Å². The van der Waals surface area contributed by atoms with Crippen LogP contribution < -0.4 is 21.9 Å². The Morgan fingerprint density at radius 1 is 1.11 bits per heavy atom. The third-order valence-corrected chi connectivity index (χ3v) is 4.69. The summed E-state index contributed by atoms with van der Waals surface area (Å²) < 4.78 is 0. The van der Waals surface area contributed by atoms with Gasteiger partial charge in [0, 0.05) is 6.20 Å². The maximum Gasteiger partial charge on any atom is 0.325 e. The maximum absolute atomic E-state index is 13.1. The van der Waals surface area contributed by atoms with Crippen molar-refractivity contribution < 1.29 is 19.2 Å². The monoisotopic (exact) mass is 385 g/mol. The molecule has 3 heterocycles. The average Bonchev–Trinajstić information content (AvgIpc) is 3.11. The number of aromatic amines is 2. The van der Waals surface area contributed by atoms with Gasteiger partial charge in [-0.1, -0.05) is 18.2 Å². The molecule has 0 bridgehead atoms. The Kier molecular flexibility index (Phi) is 4.17. The summed E-state index contributed by atoms with van der Waals surface area (Å²) in [6.07, 6.45) is -0.0857. The SMILES string of the molecule is NC(=O)CN1OC2C(=O)N(c3ccccc3)C(=O)C2C1c1c[nH]c(=O)[nH]c1=O. The second-order valence-electron chi connectivity index (χ2n) is 6.41. The normalized spacial score (nSPS) is 24.6. The molecule has 28 heavy (non-hydrogen) atoms. The fraction of sp³-hybridized carbons (Fsp3) is 0.235. The number of hydrogen-bond acceptors (Lipinski definition) is 7. The average molecular weight is 385 g/mol. The van der Waals surface area contributed by atoms with Gasteiger partial charge < -0.3 is 10.7 Å². The zero-order chi connectivity index (χ0) is 20.0. The van der Waals surface area contributed by atoms with E-state index >= 15 is 0 Å². The molecule has 2 aliphatic heterocycles. The Balaban J connectivity index is 1.79. The first-order valence-electron chi connectivity index (χ1n) is 8.35. The van der Waals surface area contributed by atoms with E-state index in [1.54, 1.807) is 30.3 Å². The molecule has 2 saturated heterocycles. The van der Waals surface area contributed by atoms with E-state index in [1.807, 2.05) is 0 Å². The zero-order valence-corrected chi connectivity index (χ0v) is 14.3. The smallest absolute Gasteiger partial charge is 0.325 e. The number of rotatable bonds is 4. The van der Waals surface area contributed by atoms with Gasteiger partial charge in [0.05, 0.1) is 23.2 Å². The van der Waals surface area contributed by atoms with E-state index in [4.69, 9.17) is 10.6 Å². The fourth-order valence-corrected chi connectivity index (χ4v) is 3.58. The molecule has 3 unspecified atom stereocenters. The number of anilines is 1. The number of para-hydroxylation sites is 1. The molecule has 2 aromatic rings. The highest BCUT2D eigenvalue weighted by molar-refractivity contribution is 6.23. The van der Waals surface area contributed by atoms with Crippen LogP contribution in [0.4, 0.5) is 5.69 Å². The van der Waals surface area contributed by atoms with Gasteiger partial charge in [0.1, 0.15) is 6.54 Å². The fourth-order valence-electron chi connectivity index (χ4n) is 3.58. The summed E-state index contributed by atoms with van der Waals surface area (Å²) in [4.78, 5) is 71.9. The molecule has 0 radical (unpaired) electrons. The van der Waals surface area contributed by atoms with Crippen molar-refractivity contribution in [2.24, 2.45) is 11.7 Å². The number of H-pyrrole nitrogens is 2. The number of nitrogens with two attached hydrogens (primary N) is 1. The van der Waals surface area contributed by atoms with Gasteiger partial charge in [0.15, 0.2) is 6.10 Å². The molecule has 3 amide bonds. The van der Waals surface area contributed by atoms with Crippen LogP contribution in [0, 0.1) is 5.92 Å². The molecule has 11 heteroatoms. The summed E-state index contributed by atoms with van der Waals surface area (Å²) in [7, 11) is 0. The standard InChI is InChI=1S/C17H15N5O6/c18-10(23)7-21-12(9-6-19-17(27)20-14(9)24)11-13(28-21)16(26)22(15(11)25)8-4-2-1-3-5-8/h1-6,11-13H,7H2,(H2,18,23)(H2,19,20,24,27). The number of carbonyl (C=O) groups is 3. The molecule has 4 rings (SSSR count). The highest BCUT2D eigenvalue weighted by atomic mass is 16.7. The molecule has 1 aromatic heterocycles. The van der Waals surface area contributed by atoms with Crippen molar-refractivity contribution >= 4 is 23.4 Å². The van der Waals surface area contributed by atoms with Gasteiger partial charge >= 0.3 is 5.69 Å². The predicted octanol–water partition coefficient (Wildman–Crippen LogP) is -1.60. The van der Waals surface area contributed by atoms with Gasteiger partial charge in [-0.15, -0.1) is 0 Å². The predicted molar refractivity (Wildman–Crippen MR) is 93.6 cm³/mol. The van der Waals surface area contributed by atoms with Crippen molar-refractivity contribution in [2.75, 3.05) is 11.4 Å². The minimum Gasteiger partial charge on any atom is -0.368 e. The summed E-state index contributed by atoms with van der Waals surface area (Å²) in [6.45, 7) is -0.442. The van der Waals surface area contributed by atoms with E-state index in [2.05, 4.69) is 9.97 Å². The molecule has 4 N–H and O–H groups in total. The zero-order valence-electron chi connectivity index (χ0n) is 14.3. The minimum atomic E-state index is -1.22. The van der Waals surface area contributed by atoms with Crippen LogP contribution in [0.5, 0.6) is 0 Å². The first kappa shape index (κ1) is 17.8. The lowest BCUT2D eigenvalue weighted by Crippen LogP contribution is -2.41. The van der Waals surface area contributed by atoms with Crippen LogP contribution in [0.25, 0.3) is 0 Å². The summed E-state index contributed by atoms with van der Waals surface area (Å²) in [5.41, 5.74) is 4.08. The minimum absolute atomic E-state index is 0.0237. The van der Waals surface area contributed by atoms with Crippen LogP contribution in [0.15, 0.2) is 46.1 Å². The largest absolute Gasteiger partial charge is 0.368 e. The topological polar surface area (TPSA) is 159 Å². The van der Waals surface area contributed by atoms with Crippen molar-refractivity contribution in [3.8, 4) is 0 Å². The lowest BCUT2D eigenvalue weighted by Gasteiger charge is -2.25. The molecular formula is C17H15N5O6. The van der Waals surface area contributed by atoms with Gasteiger partial charge in [-0.05, 0) is 12.1 Å². The van der Waals surface area contributed by atoms with E-state index in [0.717, 1.165) is 16.2 Å². The number of benzene rings is 1. The first-order valence-corrected chi connectivity index (χ1v) is 8.35. The number of primary amides is 1. The molecule has 0 spiro atoms. The summed E-state index contributed by atoms with van der Waals surface area (Å²) >= 11 is 0. The molecule has 0 aliphatic carbocycles. The van der Waals surface area contributed by atoms with Crippen molar-refractivity contribution in [1.29, 1.82) is 0 Å². The number of hydrogen-bond donors (Lipinski definition) is 3. The summed E-state index contributed by atoms with van der Waals surface area (Å²) in [5.74, 6) is -3.05. The lowest BCUT2D eigenvalue weighted by molar-refractivity contribution is -0.175. The van der Waals surface area contributed by atoms with E-state index < -0.39 is 53.6 Å². The van der Waals surface area contributed by atoms with Crippen molar-refractivity contribution in [1.82, 2.24) is 15.0 Å². The lowest BCUT2D eigenvalue weighted by atomic mass is 9.92. The number of fused-ring (bicyclic) bond motifs is 1. The second-order valence-corrected chi connectivity index (χ2v) is 6.41. The van der Waals surface area contributed by atoms with E-state index in [-0.39, 0.29) is 5.56 Å². The van der Waals surface area contributed by atoms with Gasteiger partial charge in [0.2, 0.25) is 11.8 Å². The Labute approximate surface area is 156 Å². The number of amides is 3. The van der Waals surface area contributed by atoms with Crippen LogP contribution in [0.2, 0.25) is 0 Å². The highest BCUT2D eigenvalue weighted by Crippen LogP contribution is 2.44. The van der Waals surface area contributed by atoms with Gasteiger partial charge in [0.25, 0.3) is 11.5 Å². The van der Waals surface area contributed by atoms with Crippen molar-refractivity contribution in [3.63, 3.8) is 0 Å². The summed E-state index contributed by atoms with van der Waals surface area (Å²) in [6, 6.07) is 7.20. The van der Waals surface area contributed by atoms with Crippen LogP contribution in [-0.2, 0) is 19.2 Å². The van der Waals surface area contributed by atoms with Gasteiger partial charge in [-0.25, -0.2) is 9.69 Å². The highest BCUT2D eigenvalue weighted by Gasteiger charge is 2.60. The van der Waals surface area contributed by atoms with E-state index in [1.165, 1.54) is 0 Å². The third kappa shape index (κ3) is 2.73. The van der Waals surface area contributed by atoms with Crippen molar-refractivity contribution in [3.05, 3.63) is 62.9 Å². The number of carbonyl (C=O) groups excluding carboxylic acids is 3. The first-order chi connectivity index (χ1) is 13.4. The van der Waals surface area contributed by atoms with Gasteiger partial charge in [-0.3, -0.25) is 29.0 Å². The van der Waals surface area contributed by atoms with E-state index in [9.17, 15) is 24.0 Å². The number of imide groups is 1. The van der Waals surface area contributed by atoms with E-state index in [0.29, 0.717) is 5.69 Å². The third-order valence-electron chi connectivity index (χ3n) is 4.69. The Morgan fingerprint density at radius 3 is 2.46 bits per heavy atom. The molecule has 0 saturated carbocycles. The quantitative estimate of drug-likeness (QED) is 0.534. The van der Waals surface area contributed by atoms with Crippen molar-refractivity contribution in [2.45, 2.75) is 12.1 Å². The van der Waals surface area contributed by atoms with Crippen LogP contribution in [-0.4, -0.2) is 45.4 Å². The molecule has 3 atom stereocenters. The van der Waals surface area contributed by atoms with Crippen LogP contribution in [0.1, 0.15) is 11.6 Å². The number of nitrogens with zero attached hydrogens (tertiary/aromatic N) is 2. The second kappa shape index (κ2) is 6.55.